The molecule has 1 aromatic rings. The van der Waals surface area contributed by atoms with E-state index in [2.05, 4.69) is 5.10 Å². The van der Waals surface area contributed by atoms with Crippen molar-refractivity contribution in [1.82, 2.24) is 9.78 Å². The third kappa shape index (κ3) is 2.96. The number of nitrogens with two attached hydrogens (primary N) is 1. The Hall–Kier alpha value is -1.57. The van der Waals surface area contributed by atoms with Gasteiger partial charge in [0.25, 0.3) is 0 Å². The van der Waals surface area contributed by atoms with Gasteiger partial charge in [-0.25, -0.2) is 13.2 Å². The molecular weight excluding hydrogens is 234 g/mol. The van der Waals surface area contributed by atoms with Crippen molar-refractivity contribution >= 4 is 21.5 Å². The van der Waals surface area contributed by atoms with Crippen molar-refractivity contribution < 1.29 is 18.3 Å². The summed E-state index contributed by atoms with van der Waals surface area (Å²) in [4.78, 5) is 10.6. The van der Waals surface area contributed by atoms with Crippen molar-refractivity contribution in [3.05, 3.63) is 11.9 Å². The molecule has 7 nitrogen and oxygen atoms in total. The van der Waals surface area contributed by atoms with Gasteiger partial charge < -0.3 is 10.8 Å². The molecule has 0 aliphatic carbocycles. The third-order valence-electron chi connectivity index (χ3n) is 2.06. The van der Waals surface area contributed by atoms with Gasteiger partial charge in [0.1, 0.15) is 0 Å². The molecule has 1 aromatic heterocycles. The number of carbonyl (C=O) groups is 1. The maximum atomic E-state index is 11.2. The highest BCUT2D eigenvalue weighted by Crippen LogP contribution is 2.08. The molecule has 0 aliphatic rings. The first-order chi connectivity index (χ1) is 7.35. The van der Waals surface area contributed by atoms with Crippen LogP contribution in [0.4, 0.5) is 5.69 Å². The Morgan fingerprint density at radius 1 is 1.62 bits per heavy atom. The molecule has 0 unspecified atom stereocenters. The largest absolute Gasteiger partial charge is 0.476 e. The van der Waals surface area contributed by atoms with Crippen molar-refractivity contribution in [3.63, 3.8) is 0 Å². The Morgan fingerprint density at radius 2 is 2.25 bits per heavy atom. The number of aryl methyl sites for hydroxylation is 1. The standard InChI is InChI=1S/C8H13N3O4S/c1-2-16(14,15)4-3-11-5-6(9)7(10-11)8(12)13/h5H,2-4,9H2,1H3,(H,12,13). The zero-order valence-corrected chi connectivity index (χ0v) is 9.57. The Bertz CT molecular complexity index is 491. The van der Waals surface area contributed by atoms with Gasteiger partial charge in [-0.3, -0.25) is 4.68 Å². The lowest BCUT2D eigenvalue weighted by Gasteiger charge is -2.00. The van der Waals surface area contributed by atoms with Crippen LogP contribution in [-0.4, -0.2) is 40.8 Å². The lowest BCUT2D eigenvalue weighted by Crippen LogP contribution is -2.15. The highest BCUT2D eigenvalue weighted by molar-refractivity contribution is 7.91. The highest BCUT2D eigenvalue weighted by Gasteiger charge is 2.14. The van der Waals surface area contributed by atoms with E-state index in [1.807, 2.05) is 0 Å². The molecule has 90 valence electrons. The van der Waals surface area contributed by atoms with Crippen LogP contribution in [0.1, 0.15) is 17.4 Å². The molecule has 0 bridgehead atoms. The summed E-state index contributed by atoms with van der Waals surface area (Å²) < 4.78 is 23.6. The maximum absolute atomic E-state index is 11.2. The lowest BCUT2D eigenvalue weighted by atomic mass is 10.4. The molecule has 3 N–H and O–H groups in total. The fourth-order valence-electron chi connectivity index (χ4n) is 1.09. The van der Waals surface area contributed by atoms with Gasteiger partial charge >= 0.3 is 5.97 Å². The van der Waals surface area contributed by atoms with Gasteiger partial charge in [0.2, 0.25) is 0 Å². The number of hydrogen-bond donors (Lipinski definition) is 2. The van der Waals surface area contributed by atoms with E-state index in [0.717, 1.165) is 0 Å². The lowest BCUT2D eigenvalue weighted by molar-refractivity contribution is 0.0690. The number of aromatic nitrogens is 2. The Balaban J connectivity index is 2.77. The topological polar surface area (TPSA) is 115 Å². The molecule has 0 spiro atoms. The SMILES string of the molecule is CCS(=O)(=O)CCn1cc(N)c(C(=O)O)n1. The Labute approximate surface area is 92.8 Å². The Kier molecular flexibility index (Phi) is 3.53. The zero-order chi connectivity index (χ0) is 12.3. The minimum absolute atomic E-state index is 0.0291. The number of nitrogens with zero attached hydrogens (tertiary/aromatic N) is 2. The smallest absolute Gasteiger partial charge is 0.358 e. The minimum Gasteiger partial charge on any atom is -0.476 e. The second kappa shape index (κ2) is 4.52. The summed E-state index contributed by atoms with van der Waals surface area (Å²) in [5, 5.41) is 12.4. The van der Waals surface area contributed by atoms with Crippen LogP contribution in [0.3, 0.4) is 0 Å². The first-order valence-electron chi connectivity index (χ1n) is 4.62. The van der Waals surface area contributed by atoms with Crippen LogP contribution in [0.5, 0.6) is 0 Å². The van der Waals surface area contributed by atoms with E-state index < -0.39 is 15.8 Å². The van der Waals surface area contributed by atoms with E-state index in [1.165, 1.54) is 10.9 Å². The normalized spacial score (nSPS) is 11.6. The average Bonchev–Trinajstić information content (AvgIpc) is 2.57. The summed E-state index contributed by atoms with van der Waals surface area (Å²) in [7, 11) is -3.09. The summed E-state index contributed by atoms with van der Waals surface area (Å²) in [6.45, 7) is 1.66. The molecule has 16 heavy (non-hydrogen) atoms. The van der Waals surface area contributed by atoms with Crippen LogP contribution in [0.15, 0.2) is 6.20 Å². The van der Waals surface area contributed by atoms with Crippen LogP contribution in [-0.2, 0) is 16.4 Å². The van der Waals surface area contributed by atoms with Crippen molar-refractivity contribution in [2.45, 2.75) is 13.5 Å². The van der Waals surface area contributed by atoms with Gasteiger partial charge in [0.15, 0.2) is 15.5 Å². The van der Waals surface area contributed by atoms with E-state index in [4.69, 9.17) is 10.8 Å². The number of rotatable bonds is 5. The number of anilines is 1. The Morgan fingerprint density at radius 3 is 2.69 bits per heavy atom. The van der Waals surface area contributed by atoms with E-state index >= 15 is 0 Å². The fraction of sp³-hybridized carbons (Fsp3) is 0.500. The second-order valence-electron chi connectivity index (χ2n) is 3.24. The molecule has 0 aliphatic heterocycles. The molecule has 1 heterocycles. The minimum atomic E-state index is -3.09. The molecule has 0 saturated carbocycles. The van der Waals surface area contributed by atoms with Gasteiger partial charge in [-0.15, -0.1) is 0 Å². The molecule has 0 aromatic carbocycles. The molecule has 0 fully saturated rings. The summed E-state index contributed by atoms with van der Waals surface area (Å²) in [5.41, 5.74) is 5.17. The number of carboxylic acids is 1. The monoisotopic (exact) mass is 247 g/mol. The van der Waals surface area contributed by atoms with E-state index in [9.17, 15) is 13.2 Å². The van der Waals surface area contributed by atoms with Crippen LogP contribution in [0.2, 0.25) is 0 Å². The van der Waals surface area contributed by atoms with Crippen LogP contribution in [0.25, 0.3) is 0 Å². The zero-order valence-electron chi connectivity index (χ0n) is 8.75. The predicted molar refractivity (Wildman–Crippen MR) is 57.9 cm³/mol. The predicted octanol–water partition coefficient (Wildman–Crippen LogP) is -0.402. The molecule has 8 heteroatoms. The van der Waals surface area contributed by atoms with Crippen LogP contribution in [0, 0.1) is 0 Å². The molecular formula is C8H13N3O4S. The van der Waals surface area contributed by atoms with Crippen molar-refractivity contribution in [2.24, 2.45) is 0 Å². The fourth-order valence-corrected chi connectivity index (χ4v) is 1.85. The summed E-state index contributed by atoms with van der Waals surface area (Å²) >= 11 is 0. The van der Waals surface area contributed by atoms with Gasteiger partial charge in [0.05, 0.1) is 18.0 Å². The molecule has 0 radical (unpaired) electrons. The number of sulfone groups is 1. The molecule has 1 rings (SSSR count). The van der Waals surface area contributed by atoms with Crippen molar-refractivity contribution in [1.29, 1.82) is 0 Å². The molecule has 0 amide bonds. The average molecular weight is 247 g/mol. The van der Waals surface area contributed by atoms with Gasteiger partial charge in [-0.05, 0) is 0 Å². The number of carboxylic acid groups (broad SMARTS) is 1. The highest BCUT2D eigenvalue weighted by atomic mass is 32.2. The third-order valence-corrected chi connectivity index (χ3v) is 3.75. The number of aromatic carboxylic acids is 1. The number of hydrogen-bond acceptors (Lipinski definition) is 5. The number of nitrogen functional groups attached to an aromatic ring is 1. The summed E-state index contributed by atoms with van der Waals surface area (Å²) in [6.07, 6.45) is 1.31. The first kappa shape index (κ1) is 12.5. The summed E-state index contributed by atoms with van der Waals surface area (Å²) in [5.74, 6) is -1.26. The van der Waals surface area contributed by atoms with E-state index in [0.29, 0.717) is 0 Å². The van der Waals surface area contributed by atoms with Gasteiger partial charge in [-0.2, -0.15) is 5.10 Å². The second-order valence-corrected chi connectivity index (χ2v) is 5.71. The van der Waals surface area contributed by atoms with Gasteiger partial charge in [0, 0.05) is 11.9 Å². The quantitative estimate of drug-likeness (QED) is 0.731. The first-order valence-corrected chi connectivity index (χ1v) is 6.44. The van der Waals surface area contributed by atoms with Crippen molar-refractivity contribution in [2.75, 3.05) is 17.2 Å². The van der Waals surface area contributed by atoms with Crippen molar-refractivity contribution in [3.8, 4) is 0 Å². The van der Waals surface area contributed by atoms with Crippen LogP contribution >= 0.6 is 0 Å². The van der Waals surface area contributed by atoms with Gasteiger partial charge in [-0.1, -0.05) is 6.92 Å². The molecule has 0 saturated heterocycles. The van der Waals surface area contributed by atoms with E-state index in [-0.39, 0.29) is 29.4 Å². The van der Waals surface area contributed by atoms with Crippen LogP contribution < -0.4 is 5.73 Å². The molecule has 0 atom stereocenters. The maximum Gasteiger partial charge on any atom is 0.358 e. The van der Waals surface area contributed by atoms with E-state index in [1.54, 1.807) is 6.92 Å². The summed E-state index contributed by atoms with van der Waals surface area (Å²) in [6, 6.07) is 0.